The molecule has 0 radical (unpaired) electrons. The summed E-state index contributed by atoms with van der Waals surface area (Å²) in [6, 6.07) is 7.70. The van der Waals surface area contributed by atoms with Crippen molar-refractivity contribution in [2.24, 2.45) is 17.6 Å². The third-order valence-electron chi connectivity index (χ3n) is 12.3. The molecule has 1 aromatic carbocycles. The van der Waals surface area contributed by atoms with Crippen LogP contribution in [0.1, 0.15) is 77.2 Å². The molecule has 8 unspecified atom stereocenters. The van der Waals surface area contributed by atoms with Crippen LogP contribution in [0.2, 0.25) is 0 Å². The van der Waals surface area contributed by atoms with Crippen molar-refractivity contribution in [1.29, 1.82) is 0 Å². The number of carbonyl (C=O) groups excluding carboxylic acids is 2. The minimum absolute atomic E-state index is 0.0980. The predicted octanol–water partition coefficient (Wildman–Crippen LogP) is 1.74. The number of hydrogen-bond acceptors (Lipinski definition) is 18. The number of nitrogens with two attached hydrogens (primary N) is 1. The Balaban J connectivity index is 1.58. The van der Waals surface area contributed by atoms with Crippen molar-refractivity contribution < 1.29 is 84.3 Å². The summed E-state index contributed by atoms with van der Waals surface area (Å²) in [5.74, 6) is -5.54. The molecule has 70 heavy (non-hydrogen) atoms. The SMILES string of the molecule is C[C@H]1C[C@H](O)[C@@H](C)/C=C/C=C/C=C/C=C/C=C/C=C/C=C/C(O[C@@H]2OC[C@@H](O)[C@H](N)[C@H]2O)C[C@@H]2OC(O)(CC(O)CC(O)C(O)CCC(O)CC(O)CC(=O)O1)C[C@H](O)C2C(=O)OCc1ccccc1. The average molecular weight is 986 g/mol. The number of esters is 2. The van der Waals surface area contributed by atoms with Crippen molar-refractivity contribution in [2.45, 2.75) is 170 Å². The summed E-state index contributed by atoms with van der Waals surface area (Å²) in [7, 11) is 0. The fraction of sp³-hybridized carbons (Fsp3) is 0.577. The second-order valence-corrected chi connectivity index (χ2v) is 18.5. The third kappa shape index (κ3) is 20.5. The Morgan fingerprint density at radius 3 is 1.94 bits per heavy atom. The van der Waals surface area contributed by atoms with Crippen LogP contribution in [0.5, 0.6) is 0 Å². The van der Waals surface area contributed by atoms with Gasteiger partial charge in [0.2, 0.25) is 0 Å². The van der Waals surface area contributed by atoms with E-state index in [9.17, 15) is 60.7 Å². The Kier molecular flexibility index (Phi) is 25.0. The number of cyclic esters (lactones) is 1. The minimum Gasteiger partial charge on any atom is -0.462 e. The molecule has 3 heterocycles. The zero-order chi connectivity index (χ0) is 51.2. The highest BCUT2D eigenvalue weighted by molar-refractivity contribution is 5.74. The number of carbonyl (C=O) groups is 2. The predicted molar refractivity (Wildman–Crippen MR) is 256 cm³/mol. The molecule has 2 bridgehead atoms. The van der Waals surface area contributed by atoms with Gasteiger partial charge in [-0.05, 0) is 31.7 Å². The second-order valence-electron chi connectivity index (χ2n) is 18.5. The van der Waals surface area contributed by atoms with Crippen molar-refractivity contribution in [3.05, 3.63) is 121 Å². The maximum atomic E-state index is 13.8. The molecule has 390 valence electrons. The summed E-state index contributed by atoms with van der Waals surface area (Å²) in [6.07, 6.45) is 5.38. The summed E-state index contributed by atoms with van der Waals surface area (Å²) in [6.45, 7) is 3.06. The van der Waals surface area contributed by atoms with Crippen molar-refractivity contribution in [1.82, 2.24) is 0 Å². The van der Waals surface area contributed by atoms with Crippen molar-refractivity contribution in [3.8, 4) is 0 Å². The summed E-state index contributed by atoms with van der Waals surface area (Å²) < 4.78 is 28.9. The molecule has 1 aromatic rings. The maximum Gasteiger partial charge on any atom is 0.314 e. The van der Waals surface area contributed by atoms with Crippen LogP contribution >= 0.6 is 0 Å². The fourth-order valence-electron chi connectivity index (χ4n) is 8.30. The molecule has 17 atom stereocenters. The van der Waals surface area contributed by atoms with E-state index >= 15 is 0 Å². The van der Waals surface area contributed by atoms with Gasteiger partial charge in [0, 0.05) is 38.0 Å². The van der Waals surface area contributed by atoms with Crippen LogP contribution in [-0.2, 0) is 39.9 Å². The minimum atomic E-state index is -2.30. The van der Waals surface area contributed by atoms with Crippen LogP contribution in [0.15, 0.2) is 115 Å². The monoisotopic (exact) mass is 986 g/mol. The van der Waals surface area contributed by atoms with Gasteiger partial charge in [-0.2, -0.15) is 0 Å². The number of benzene rings is 1. The Morgan fingerprint density at radius 2 is 1.30 bits per heavy atom. The molecule has 3 aliphatic rings. The Bertz CT molecular complexity index is 1920. The standard InChI is InChI=1S/C52H75NO17/c1-33-18-14-11-9-7-5-3-4-6-8-10-12-17-21-39(69-51-49(63)48(53)44(61)32-67-51)28-45-47(50(64)66-31-35-19-15-13-16-20-35)43(60)30-52(65,70-45)29-38(56)26-42(59)40(57)23-22-36(54)25-37(55)27-46(62)68-34(2)24-41(33)58/h3-21,33-34,36-45,47-49,51,54-61,63,65H,22-32,53H2,1-2H3/b4-3+,7-5+,8-6+,11-9+,12-10+,18-14+,21-17+/t33-,34-,36?,37?,38?,39?,40?,41-,42?,43-,44+,45-,47?,48-,49+,51-,52?/m0/s1. The highest BCUT2D eigenvalue weighted by atomic mass is 16.7. The van der Waals surface area contributed by atoms with Crippen LogP contribution in [0.3, 0.4) is 0 Å². The zero-order valence-electron chi connectivity index (χ0n) is 39.9. The van der Waals surface area contributed by atoms with E-state index in [1.165, 1.54) is 0 Å². The molecule has 2 saturated heterocycles. The lowest BCUT2D eigenvalue weighted by atomic mass is 9.82. The van der Waals surface area contributed by atoms with Gasteiger partial charge in [0.05, 0.1) is 80.1 Å². The fourth-order valence-corrected chi connectivity index (χ4v) is 8.30. The highest BCUT2D eigenvalue weighted by Gasteiger charge is 2.51. The van der Waals surface area contributed by atoms with E-state index in [1.807, 2.05) is 37.3 Å². The van der Waals surface area contributed by atoms with Gasteiger partial charge < -0.3 is 80.5 Å². The number of ether oxygens (including phenoxy) is 5. The molecule has 3 aliphatic heterocycles. The summed E-state index contributed by atoms with van der Waals surface area (Å²) in [5.41, 5.74) is 6.69. The topological polar surface area (TPSA) is 309 Å². The smallest absolute Gasteiger partial charge is 0.314 e. The molecule has 0 spiro atoms. The Morgan fingerprint density at radius 1 is 0.686 bits per heavy atom. The van der Waals surface area contributed by atoms with Crippen LogP contribution in [0.4, 0.5) is 0 Å². The van der Waals surface area contributed by atoms with Gasteiger partial charge in [-0.15, -0.1) is 0 Å². The molecule has 12 N–H and O–H groups in total. The van der Waals surface area contributed by atoms with E-state index in [0.717, 1.165) is 0 Å². The van der Waals surface area contributed by atoms with Gasteiger partial charge in [-0.3, -0.25) is 9.59 Å². The highest BCUT2D eigenvalue weighted by Crippen LogP contribution is 2.38. The summed E-state index contributed by atoms with van der Waals surface area (Å²) >= 11 is 0. The molecule has 0 aromatic heterocycles. The molecule has 0 saturated carbocycles. The first-order chi connectivity index (χ1) is 33.3. The second kappa shape index (κ2) is 30.0. The first-order valence-electron chi connectivity index (χ1n) is 24.0. The lowest BCUT2D eigenvalue weighted by Gasteiger charge is -2.45. The number of allylic oxidation sites excluding steroid dienone is 12. The van der Waals surface area contributed by atoms with Gasteiger partial charge in [0.15, 0.2) is 12.1 Å². The largest absolute Gasteiger partial charge is 0.462 e. The van der Waals surface area contributed by atoms with Gasteiger partial charge in [0.25, 0.3) is 0 Å². The van der Waals surface area contributed by atoms with Gasteiger partial charge in [0.1, 0.15) is 24.7 Å². The molecule has 18 heteroatoms. The zero-order valence-corrected chi connectivity index (χ0v) is 39.9. The van der Waals surface area contributed by atoms with Crippen LogP contribution in [-0.4, -0.2) is 161 Å². The molecule has 4 rings (SSSR count). The maximum absolute atomic E-state index is 13.8. The van der Waals surface area contributed by atoms with Crippen LogP contribution in [0, 0.1) is 11.8 Å². The molecule has 0 amide bonds. The lowest BCUT2D eigenvalue weighted by molar-refractivity contribution is -0.306. The third-order valence-corrected chi connectivity index (χ3v) is 12.3. The van der Waals surface area contributed by atoms with E-state index in [2.05, 4.69) is 0 Å². The number of aliphatic hydroxyl groups excluding tert-OH is 9. The molecular weight excluding hydrogens is 911 g/mol. The molecule has 2 fully saturated rings. The summed E-state index contributed by atoms with van der Waals surface area (Å²) in [5, 5.41) is 109. The number of rotatable bonds is 5. The van der Waals surface area contributed by atoms with E-state index in [1.54, 1.807) is 91.9 Å². The molecule has 0 aliphatic carbocycles. The first-order valence-corrected chi connectivity index (χ1v) is 24.0. The van der Waals surface area contributed by atoms with E-state index in [-0.39, 0.29) is 51.2 Å². The first kappa shape index (κ1) is 58.4. The van der Waals surface area contributed by atoms with Crippen molar-refractivity contribution in [2.75, 3.05) is 6.61 Å². The van der Waals surface area contributed by atoms with Gasteiger partial charge in [-0.1, -0.05) is 122 Å². The quantitative estimate of drug-likeness (QED) is 0.187. The van der Waals surface area contributed by atoms with E-state index in [4.69, 9.17) is 29.4 Å². The number of aliphatic hydroxyl groups is 10. The van der Waals surface area contributed by atoms with Crippen LogP contribution in [0.25, 0.3) is 0 Å². The lowest BCUT2D eigenvalue weighted by Crippen LogP contribution is -2.59. The molecule has 18 nitrogen and oxygen atoms in total. The molecular formula is C52H75NO17. The van der Waals surface area contributed by atoms with E-state index in [0.29, 0.717) is 5.56 Å². The number of fused-ring (bicyclic) bond motifs is 2. The van der Waals surface area contributed by atoms with Crippen LogP contribution < -0.4 is 5.73 Å². The summed E-state index contributed by atoms with van der Waals surface area (Å²) in [4.78, 5) is 26.3. The Labute approximate surface area is 410 Å². The van der Waals surface area contributed by atoms with Gasteiger partial charge in [-0.25, -0.2) is 0 Å². The van der Waals surface area contributed by atoms with Gasteiger partial charge >= 0.3 is 11.9 Å². The normalized spacial score (nSPS) is 40.8. The van der Waals surface area contributed by atoms with Crippen molar-refractivity contribution in [3.63, 3.8) is 0 Å². The average Bonchev–Trinajstić information content (AvgIpc) is 3.29. The Hall–Kier alpha value is -4.22. The van der Waals surface area contributed by atoms with Crippen molar-refractivity contribution >= 4 is 11.9 Å². The number of hydrogen-bond donors (Lipinski definition) is 11. The van der Waals surface area contributed by atoms with E-state index < -0.39 is 135 Å².